The van der Waals surface area contributed by atoms with Gasteiger partial charge in [-0.25, -0.2) is 4.79 Å². The average Bonchev–Trinajstić information content (AvgIpc) is 2.37. The van der Waals surface area contributed by atoms with Crippen LogP contribution in [0.3, 0.4) is 0 Å². The van der Waals surface area contributed by atoms with E-state index >= 15 is 0 Å². The van der Waals surface area contributed by atoms with Crippen LogP contribution in [0.25, 0.3) is 0 Å². The fourth-order valence-electron chi connectivity index (χ4n) is 1.55. The fraction of sp³-hybridized carbons (Fsp3) is 0.417. The van der Waals surface area contributed by atoms with Gasteiger partial charge in [-0.3, -0.25) is 14.3 Å². The Labute approximate surface area is 121 Å². The first-order chi connectivity index (χ1) is 9.63. The van der Waals surface area contributed by atoms with Gasteiger partial charge in [-0.05, 0) is 24.5 Å². The number of hydrogen-bond acceptors (Lipinski definition) is 6. The average molecular weight is 317 g/mol. The molecule has 1 unspecified atom stereocenters. The number of benzene rings is 1. The van der Waals surface area contributed by atoms with Crippen LogP contribution in [0.1, 0.15) is 20.3 Å². The Hall–Kier alpha value is -2.00. The van der Waals surface area contributed by atoms with Crippen molar-refractivity contribution in [2.75, 3.05) is 0 Å². The molecule has 0 radical (unpaired) electrons. The smallest absolute Gasteiger partial charge is 0.334 e. The number of rotatable bonds is 7. The Morgan fingerprint density at radius 2 is 1.86 bits per heavy atom. The van der Waals surface area contributed by atoms with E-state index in [1.54, 1.807) is 13.8 Å². The molecule has 1 aromatic rings. The van der Waals surface area contributed by atoms with Crippen LogP contribution in [-0.2, 0) is 19.1 Å². The molecular weight excluding hydrogens is 302 g/mol. The molecule has 0 heterocycles. The summed E-state index contributed by atoms with van der Waals surface area (Å²) in [7, 11) is -4.30. The first-order valence-corrected chi connectivity index (χ1v) is 7.45. The lowest BCUT2D eigenvalue weighted by Crippen LogP contribution is -2.28. The third-order valence-corrected chi connectivity index (χ3v) is 3.88. The Balaban J connectivity index is 2.98. The van der Waals surface area contributed by atoms with Crippen molar-refractivity contribution < 1.29 is 27.4 Å². The molecule has 8 nitrogen and oxygen atoms in total. The normalized spacial score (nSPS) is 13.1. The number of carbonyl (C=O) groups is 1. The van der Waals surface area contributed by atoms with Gasteiger partial charge < -0.3 is 5.11 Å². The summed E-state index contributed by atoms with van der Waals surface area (Å²) < 4.78 is 28.6. The zero-order valence-corrected chi connectivity index (χ0v) is 12.2. The summed E-state index contributed by atoms with van der Waals surface area (Å²) in [5.41, 5.74) is -0.272. The van der Waals surface area contributed by atoms with Crippen LogP contribution in [0.5, 0.6) is 0 Å². The molecule has 1 aromatic carbocycles. The highest BCUT2D eigenvalue weighted by Crippen LogP contribution is 2.20. The number of aliphatic carboxylic acids is 1. The lowest BCUT2D eigenvalue weighted by atomic mass is 10.1. The quantitative estimate of drug-likeness (QED) is 0.462. The van der Waals surface area contributed by atoms with E-state index in [-0.39, 0.29) is 22.9 Å². The van der Waals surface area contributed by atoms with E-state index in [2.05, 4.69) is 0 Å². The van der Waals surface area contributed by atoms with Crippen LogP contribution in [-0.4, -0.2) is 30.5 Å². The van der Waals surface area contributed by atoms with Gasteiger partial charge >= 0.3 is 5.97 Å². The van der Waals surface area contributed by atoms with E-state index in [1.165, 1.54) is 0 Å². The molecule has 21 heavy (non-hydrogen) atoms. The van der Waals surface area contributed by atoms with E-state index < -0.39 is 27.1 Å². The Kier molecular flexibility index (Phi) is 5.39. The first kappa shape index (κ1) is 17.1. The minimum absolute atomic E-state index is 0.0293. The van der Waals surface area contributed by atoms with Gasteiger partial charge in [0.05, 0.1) is 9.82 Å². The Morgan fingerprint density at radius 1 is 1.33 bits per heavy atom. The zero-order valence-electron chi connectivity index (χ0n) is 11.4. The second-order valence-electron chi connectivity index (χ2n) is 4.76. The second-order valence-corrected chi connectivity index (χ2v) is 6.33. The van der Waals surface area contributed by atoms with E-state index in [0.29, 0.717) is 0 Å². The third-order valence-electron chi connectivity index (χ3n) is 2.54. The summed E-state index contributed by atoms with van der Waals surface area (Å²) in [6.45, 7) is 3.47. The summed E-state index contributed by atoms with van der Waals surface area (Å²) in [5.74, 6) is -1.45. The van der Waals surface area contributed by atoms with Gasteiger partial charge in [-0.15, -0.1) is 0 Å². The molecule has 0 spiro atoms. The standard InChI is InChI=1S/C12H15NO7S/c1-8(2)7-11(12(14)15)20-21(18,19)10-5-3-9(4-6-10)13(16)17/h3-6,8,11H,7H2,1-2H3,(H,14,15). The number of carboxylic acid groups (broad SMARTS) is 1. The molecule has 0 amide bonds. The van der Waals surface area contributed by atoms with Gasteiger partial charge in [0.15, 0.2) is 6.10 Å². The van der Waals surface area contributed by atoms with Gasteiger partial charge in [-0.2, -0.15) is 8.42 Å². The SMILES string of the molecule is CC(C)CC(OS(=O)(=O)c1ccc([N+](=O)[O-])cc1)C(=O)O. The van der Waals surface area contributed by atoms with Gasteiger partial charge in [0.25, 0.3) is 15.8 Å². The molecule has 0 fully saturated rings. The van der Waals surface area contributed by atoms with Crippen molar-refractivity contribution in [3.63, 3.8) is 0 Å². The molecule has 0 aliphatic rings. The fourth-order valence-corrected chi connectivity index (χ4v) is 2.60. The highest BCUT2D eigenvalue weighted by atomic mass is 32.2. The Bertz CT molecular complexity index is 622. The number of nitro groups is 1. The van der Waals surface area contributed by atoms with Crippen LogP contribution in [0, 0.1) is 16.0 Å². The van der Waals surface area contributed by atoms with Crippen molar-refractivity contribution >= 4 is 21.8 Å². The predicted octanol–water partition coefficient (Wildman–Crippen LogP) is 1.80. The van der Waals surface area contributed by atoms with Crippen molar-refractivity contribution in [2.24, 2.45) is 5.92 Å². The van der Waals surface area contributed by atoms with Crippen LogP contribution in [0.2, 0.25) is 0 Å². The van der Waals surface area contributed by atoms with Crippen LogP contribution in [0.15, 0.2) is 29.2 Å². The van der Waals surface area contributed by atoms with Crippen LogP contribution >= 0.6 is 0 Å². The second kappa shape index (κ2) is 6.64. The lowest BCUT2D eigenvalue weighted by molar-refractivity contribution is -0.384. The highest BCUT2D eigenvalue weighted by molar-refractivity contribution is 7.86. The summed E-state index contributed by atoms with van der Waals surface area (Å²) in [6.07, 6.45) is -1.47. The summed E-state index contributed by atoms with van der Waals surface area (Å²) in [6, 6.07) is 4.02. The molecular formula is C12H15NO7S. The minimum atomic E-state index is -4.30. The lowest BCUT2D eigenvalue weighted by Gasteiger charge is -2.15. The molecule has 0 aliphatic carbocycles. The minimum Gasteiger partial charge on any atom is -0.479 e. The number of nitrogens with zero attached hydrogens (tertiary/aromatic N) is 1. The molecule has 0 saturated heterocycles. The number of carboxylic acids is 1. The number of nitro benzene ring substituents is 1. The largest absolute Gasteiger partial charge is 0.479 e. The van der Waals surface area contributed by atoms with E-state index in [4.69, 9.17) is 9.29 Å². The van der Waals surface area contributed by atoms with E-state index in [1.807, 2.05) is 0 Å². The molecule has 0 aromatic heterocycles. The topological polar surface area (TPSA) is 124 Å². The summed E-state index contributed by atoms with van der Waals surface area (Å²) in [5, 5.41) is 19.5. The van der Waals surface area contributed by atoms with Gasteiger partial charge in [0, 0.05) is 12.1 Å². The summed E-state index contributed by atoms with van der Waals surface area (Å²) >= 11 is 0. The van der Waals surface area contributed by atoms with Crippen molar-refractivity contribution in [2.45, 2.75) is 31.3 Å². The zero-order chi connectivity index (χ0) is 16.2. The predicted molar refractivity (Wildman–Crippen MR) is 72.2 cm³/mol. The first-order valence-electron chi connectivity index (χ1n) is 6.04. The molecule has 9 heteroatoms. The molecule has 1 N–H and O–H groups in total. The maximum Gasteiger partial charge on any atom is 0.334 e. The van der Waals surface area contributed by atoms with Crippen LogP contribution < -0.4 is 0 Å². The molecule has 116 valence electrons. The Morgan fingerprint density at radius 3 is 2.24 bits per heavy atom. The number of non-ortho nitro benzene ring substituents is 1. The molecule has 1 rings (SSSR count). The molecule has 0 saturated carbocycles. The maximum atomic E-state index is 12.0. The number of hydrogen-bond donors (Lipinski definition) is 1. The molecule has 1 atom stereocenters. The van der Waals surface area contributed by atoms with Crippen molar-refractivity contribution in [1.29, 1.82) is 0 Å². The van der Waals surface area contributed by atoms with Gasteiger partial charge in [0.1, 0.15) is 0 Å². The molecule has 0 aliphatic heterocycles. The highest BCUT2D eigenvalue weighted by Gasteiger charge is 2.28. The van der Waals surface area contributed by atoms with Crippen molar-refractivity contribution in [3.05, 3.63) is 34.4 Å². The summed E-state index contributed by atoms with van der Waals surface area (Å²) in [4.78, 5) is 20.5. The van der Waals surface area contributed by atoms with E-state index in [0.717, 1.165) is 24.3 Å². The van der Waals surface area contributed by atoms with Crippen molar-refractivity contribution in [3.8, 4) is 0 Å². The van der Waals surface area contributed by atoms with Gasteiger partial charge in [0.2, 0.25) is 0 Å². The van der Waals surface area contributed by atoms with Crippen molar-refractivity contribution in [1.82, 2.24) is 0 Å². The van der Waals surface area contributed by atoms with Gasteiger partial charge in [-0.1, -0.05) is 13.8 Å². The third kappa shape index (κ3) is 4.80. The molecule has 0 bridgehead atoms. The maximum absolute atomic E-state index is 12.0. The monoisotopic (exact) mass is 317 g/mol. The van der Waals surface area contributed by atoms with Crippen LogP contribution in [0.4, 0.5) is 5.69 Å². The van der Waals surface area contributed by atoms with E-state index in [9.17, 15) is 23.3 Å².